The van der Waals surface area contributed by atoms with Crippen molar-refractivity contribution in [1.82, 2.24) is 14.8 Å². The van der Waals surface area contributed by atoms with Gasteiger partial charge in [0.25, 0.3) is 0 Å². The van der Waals surface area contributed by atoms with Crippen molar-refractivity contribution in [2.45, 2.75) is 12.1 Å². The second-order valence-corrected chi connectivity index (χ2v) is 8.15. The zero-order valence-corrected chi connectivity index (χ0v) is 17.0. The Morgan fingerprint density at radius 1 is 1.10 bits per heavy atom. The van der Waals surface area contributed by atoms with Crippen molar-refractivity contribution in [3.05, 3.63) is 93.9 Å². The van der Waals surface area contributed by atoms with E-state index in [-0.39, 0.29) is 12.1 Å². The minimum absolute atomic E-state index is 0.172. The molecule has 1 N–H and O–H groups in total. The molecule has 0 fully saturated rings. The Morgan fingerprint density at radius 2 is 2.03 bits per heavy atom. The Hall–Kier alpha value is -3.58. The molecule has 0 saturated heterocycles. The number of hydrogen-bond acceptors (Lipinski definition) is 6. The maximum Gasteiger partial charge on any atom is 0.226 e. The van der Waals surface area contributed by atoms with Crippen LogP contribution in [0.15, 0.2) is 77.9 Å². The molecule has 7 heteroatoms. The van der Waals surface area contributed by atoms with Crippen molar-refractivity contribution in [3.8, 4) is 11.5 Å². The number of methoxy groups -OCH3 is 1. The Balaban J connectivity index is 1.63. The first-order valence-electron chi connectivity index (χ1n) is 9.67. The average molecular weight is 414 g/mol. The van der Waals surface area contributed by atoms with Gasteiger partial charge < -0.3 is 14.8 Å². The van der Waals surface area contributed by atoms with Crippen LogP contribution in [0, 0.1) is 0 Å². The van der Waals surface area contributed by atoms with E-state index in [1.54, 1.807) is 24.8 Å². The third kappa shape index (κ3) is 2.55. The summed E-state index contributed by atoms with van der Waals surface area (Å²) in [6, 6.07) is 20.2. The minimum Gasteiger partial charge on any atom is -0.497 e. The molecule has 0 saturated carbocycles. The molecule has 6 nitrogen and oxygen atoms in total. The summed E-state index contributed by atoms with van der Waals surface area (Å²) >= 11 is 1.69. The fourth-order valence-corrected chi connectivity index (χ4v) is 5.00. The highest BCUT2D eigenvalue weighted by Gasteiger charge is 2.41. The van der Waals surface area contributed by atoms with E-state index in [0.29, 0.717) is 5.95 Å². The van der Waals surface area contributed by atoms with Crippen LogP contribution in [0.2, 0.25) is 0 Å². The van der Waals surface area contributed by atoms with Crippen LogP contribution in [-0.2, 0) is 0 Å². The van der Waals surface area contributed by atoms with Gasteiger partial charge >= 0.3 is 0 Å². The van der Waals surface area contributed by atoms with Gasteiger partial charge in [-0.05, 0) is 41.3 Å². The molecule has 4 heterocycles. The lowest BCUT2D eigenvalue weighted by Gasteiger charge is -2.38. The van der Waals surface area contributed by atoms with Gasteiger partial charge in [-0.3, -0.25) is 0 Å². The Bertz CT molecular complexity index is 1260. The number of para-hydroxylation sites is 1. The Kier molecular flexibility index (Phi) is 3.89. The van der Waals surface area contributed by atoms with Gasteiger partial charge in [-0.2, -0.15) is 10.1 Å². The molecule has 0 aliphatic carbocycles. The molecule has 2 aliphatic rings. The topological polar surface area (TPSA) is 61.2 Å². The van der Waals surface area contributed by atoms with Crippen molar-refractivity contribution in [2.75, 3.05) is 12.4 Å². The molecule has 2 aromatic heterocycles. The van der Waals surface area contributed by atoms with Crippen LogP contribution in [0.1, 0.15) is 28.1 Å². The van der Waals surface area contributed by atoms with Crippen LogP contribution >= 0.6 is 11.3 Å². The highest BCUT2D eigenvalue weighted by molar-refractivity contribution is 7.10. The van der Waals surface area contributed by atoms with Crippen molar-refractivity contribution < 1.29 is 9.47 Å². The van der Waals surface area contributed by atoms with Crippen LogP contribution in [0.5, 0.6) is 11.5 Å². The normalized spacial score (nSPS) is 19.2. The number of anilines is 1. The maximum atomic E-state index is 6.57. The summed E-state index contributed by atoms with van der Waals surface area (Å²) in [7, 11) is 1.68. The molecular formula is C23H18N4O2S. The second-order valence-electron chi connectivity index (χ2n) is 7.17. The summed E-state index contributed by atoms with van der Waals surface area (Å²) in [6.07, 6.45) is 1.36. The van der Waals surface area contributed by atoms with Crippen LogP contribution in [0.25, 0.3) is 5.70 Å². The molecule has 2 atom stereocenters. The number of ether oxygens (including phenoxy) is 2. The van der Waals surface area contributed by atoms with Gasteiger partial charge in [0.15, 0.2) is 6.10 Å². The summed E-state index contributed by atoms with van der Waals surface area (Å²) < 4.78 is 14.0. The SMILES string of the molecule is COc1cccc([C@@H]2C3=C(Nc4ncnn42)c2ccccc2O[C@H]3c2cccs2)c1. The van der Waals surface area contributed by atoms with Crippen molar-refractivity contribution >= 4 is 23.0 Å². The number of hydrogen-bond donors (Lipinski definition) is 1. The summed E-state index contributed by atoms with van der Waals surface area (Å²) in [5, 5.41) is 10.1. The summed E-state index contributed by atoms with van der Waals surface area (Å²) in [5.74, 6) is 2.38. The molecule has 0 spiro atoms. The summed E-state index contributed by atoms with van der Waals surface area (Å²) in [6.45, 7) is 0. The lowest BCUT2D eigenvalue weighted by Crippen LogP contribution is -2.32. The fourth-order valence-electron chi connectivity index (χ4n) is 4.23. The smallest absolute Gasteiger partial charge is 0.226 e. The van der Waals surface area contributed by atoms with E-state index in [1.807, 2.05) is 35.0 Å². The first kappa shape index (κ1) is 17.3. The molecule has 6 rings (SSSR count). The fraction of sp³-hybridized carbons (Fsp3) is 0.130. The molecule has 0 radical (unpaired) electrons. The molecule has 2 aliphatic heterocycles. The molecule has 0 amide bonds. The van der Waals surface area contributed by atoms with Crippen LogP contribution < -0.4 is 14.8 Å². The number of nitrogens with zero attached hydrogens (tertiary/aromatic N) is 3. The number of benzene rings is 2. The first-order valence-corrected chi connectivity index (χ1v) is 10.6. The van der Waals surface area contributed by atoms with E-state index >= 15 is 0 Å². The number of aromatic nitrogens is 3. The third-order valence-electron chi connectivity index (χ3n) is 5.53. The standard InChI is InChI=1S/C23H18N4O2S/c1-28-15-7-4-6-14(12-15)21-19-20(26-23-24-13-25-27(21)23)16-8-2-3-9-17(16)29-22(19)18-10-5-11-30-18/h2-13,21-22H,1H3,(H,24,25,26)/t21-,22+/m1/s1. The number of nitrogens with one attached hydrogen (secondary N) is 1. The van der Waals surface area contributed by atoms with E-state index in [1.165, 1.54) is 0 Å². The predicted octanol–water partition coefficient (Wildman–Crippen LogP) is 4.91. The molecule has 4 aromatic rings. The lowest BCUT2D eigenvalue weighted by atomic mass is 9.86. The monoisotopic (exact) mass is 414 g/mol. The second kappa shape index (κ2) is 6.74. The van der Waals surface area contributed by atoms with Gasteiger partial charge in [-0.15, -0.1) is 11.3 Å². The maximum absolute atomic E-state index is 6.57. The molecule has 0 bridgehead atoms. The zero-order valence-electron chi connectivity index (χ0n) is 16.1. The van der Waals surface area contributed by atoms with Crippen LogP contribution in [-0.4, -0.2) is 21.9 Å². The predicted molar refractivity (Wildman–Crippen MR) is 116 cm³/mol. The van der Waals surface area contributed by atoms with Crippen molar-refractivity contribution in [3.63, 3.8) is 0 Å². The molecular weight excluding hydrogens is 396 g/mol. The molecule has 30 heavy (non-hydrogen) atoms. The largest absolute Gasteiger partial charge is 0.497 e. The average Bonchev–Trinajstić information content (AvgIpc) is 3.49. The van der Waals surface area contributed by atoms with E-state index in [9.17, 15) is 0 Å². The van der Waals surface area contributed by atoms with E-state index < -0.39 is 0 Å². The van der Waals surface area contributed by atoms with Crippen LogP contribution in [0.3, 0.4) is 0 Å². The third-order valence-corrected chi connectivity index (χ3v) is 6.45. The van der Waals surface area contributed by atoms with Gasteiger partial charge in [0.05, 0.1) is 12.8 Å². The first-order chi connectivity index (χ1) is 14.8. The van der Waals surface area contributed by atoms with E-state index in [2.05, 4.69) is 51.1 Å². The Morgan fingerprint density at radius 3 is 2.90 bits per heavy atom. The van der Waals surface area contributed by atoms with E-state index in [0.717, 1.165) is 38.8 Å². The number of rotatable bonds is 3. The van der Waals surface area contributed by atoms with Crippen molar-refractivity contribution in [1.29, 1.82) is 0 Å². The highest BCUT2D eigenvalue weighted by Crippen LogP contribution is 2.51. The quantitative estimate of drug-likeness (QED) is 0.516. The van der Waals surface area contributed by atoms with Crippen molar-refractivity contribution in [2.24, 2.45) is 0 Å². The molecule has 0 unspecified atom stereocenters. The molecule has 2 aromatic carbocycles. The van der Waals surface area contributed by atoms with Crippen LogP contribution in [0.4, 0.5) is 5.95 Å². The lowest BCUT2D eigenvalue weighted by molar-refractivity contribution is 0.226. The summed E-state index contributed by atoms with van der Waals surface area (Å²) in [4.78, 5) is 5.61. The zero-order chi connectivity index (χ0) is 20.1. The molecule has 148 valence electrons. The van der Waals surface area contributed by atoms with Gasteiger partial charge in [-0.25, -0.2) is 4.68 Å². The number of fused-ring (bicyclic) bond motifs is 3. The van der Waals surface area contributed by atoms with Gasteiger partial charge in [0.2, 0.25) is 5.95 Å². The Labute approximate surface area is 177 Å². The van der Waals surface area contributed by atoms with Gasteiger partial charge in [0.1, 0.15) is 23.9 Å². The highest BCUT2D eigenvalue weighted by atomic mass is 32.1. The van der Waals surface area contributed by atoms with Gasteiger partial charge in [0, 0.05) is 16.0 Å². The van der Waals surface area contributed by atoms with Gasteiger partial charge in [-0.1, -0.05) is 30.3 Å². The number of thiophene rings is 1. The summed E-state index contributed by atoms with van der Waals surface area (Å²) in [5.41, 5.74) is 4.24. The van der Waals surface area contributed by atoms with E-state index in [4.69, 9.17) is 9.47 Å². The minimum atomic E-state index is -0.226.